The van der Waals surface area contributed by atoms with Crippen molar-refractivity contribution in [1.82, 2.24) is 10.5 Å². The van der Waals surface area contributed by atoms with Crippen LogP contribution in [0, 0.1) is 0 Å². The molecule has 0 aliphatic heterocycles. The predicted molar refractivity (Wildman–Crippen MR) is 70.3 cm³/mol. The molecule has 0 unspecified atom stereocenters. The van der Waals surface area contributed by atoms with Crippen molar-refractivity contribution in [2.24, 2.45) is 0 Å². The lowest BCUT2D eigenvalue weighted by Crippen LogP contribution is -2.24. The Balaban J connectivity index is 2.29. The molecule has 0 radical (unpaired) electrons. The number of ketones is 1. The van der Waals surface area contributed by atoms with Gasteiger partial charge in [0.2, 0.25) is 5.78 Å². The molecule has 0 aliphatic carbocycles. The van der Waals surface area contributed by atoms with Crippen molar-refractivity contribution in [3.05, 3.63) is 52.0 Å². The van der Waals surface area contributed by atoms with Gasteiger partial charge >= 0.3 is 0 Å². The average Bonchev–Trinajstić information content (AvgIpc) is 2.99. The fourth-order valence-electron chi connectivity index (χ4n) is 1.66. The summed E-state index contributed by atoms with van der Waals surface area (Å²) in [6, 6.07) is 6.76. The summed E-state index contributed by atoms with van der Waals surface area (Å²) in [5.74, 6) is -1.22. The molecule has 98 valence electrons. The van der Waals surface area contributed by atoms with Crippen LogP contribution in [0.25, 0.3) is 0 Å². The molecule has 1 aromatic carbocycles. The van der Waals surface area contributed by atoms with Crippen molar-refractivity contribution < 1.29 is 14.8 Å². The summed E-state index contributed by atoms with van der Waals surface area (Å²) in [5, 5.41) is 10.8. The Labute approximate surface area is 113 Å². The van der Waals surface area contributed by atoms with E-state index in [9.17, 15) is 9.59 Å². The third kappa shape index (κ3) is 2.86. The first-order chi connectivity index (χ1) is 9.13. The normalized spacial score (nSPS) is 11.9. The van der Waals surface area contributed by atoms with Gasteiger partial charge in [0.05, 0.1) is 5.92 Å². The van der Waals surface area contributed by atoms with E-state index in [1.807, 2.05) is 0 Å². The molecule has 0 saturated heterocycles. The molecule has 0 aliphatic rings. The third-order valence-electron chi connectivity index (χ3n) is 2.78. The van der Waals surface area contributed by atoms with E-state index in [4.69, 9.17) is 5.21 Å². The monoisotopic (exact) mass is 276 g/mol. The molecule has 1 amide bonds. The van der Waals surface area contributed by atoms with Crippen LogP contribution in [-0.2, 0) is 4.79 Å². The zero-order valence-electron chi connectivity index (χ0n) is 10.2. The number of aromatic nitrogens is 1. The predicted octanol–water partition coefficient (Wildman–Crippen LogP) is 1.98. The van der Waals surface area contributed by atoms with Crippen LogP contribution in [0.15, 0.2) is 35.8 Å². The van der Waals surface area contributed by atoms with Crippen LogP contribution in [0.2, 0.25) is 0 Å². The second-order valence-electron chi connectivity index (χ2n) is 3.99. The van der Waals surface area contributed by atoms with Crippen molar-refractivity contribution >= 4 is 23.0 Å². The van der Waals surface area contributed by atoms with Crippen LogP contribution in [0.3, 0.4) is 0 Å². The number of hydrogen-bond donors (Lipinski definition) is 2. The number of nitrogens with zero attached hydrogens (tertiary/aromatic N) is 1. The highest BCUT2D eigenvalue weighted by atomic mass is 32.1. The largest absolute Gasteiger partial charge is 0.289 e. The topological polar surface area (TPSA) is 79.3 Å². The number of nitrogens with one attached hydrogen (secondary N) is 1. The molecule has 1 heterocycles. The van der Waals surface area contributed by atoms with Gasteiger partial charge in [-0.05, 0) is 18.6 Å². The summed E-state index contributed by atoms with van der Waals surface area (Å²) in [4.78, 5) is 27.5. The van der Waals surface area contributed by atoms with Gasteiger partial charge < -0.3 is 0 Å². The number of hydrogen-bond acceptors (Lipinski definition) is 5. The summed E-state index contributed by atoms with van der Waals surface area (Å²) in [5.41, 5.74) is 2.74. The number of amides is 1. The maximum atomic E-state index is 12.1. The van der Waals surface area contributed by atoms with Crippen LogP contribution in [-0.4, -0.2) is 21.9 Å². The maximum Gasteiger partial charge on any atom is 0.250 e. The van der Waals surface area contributed by atoms with Crippen molar-refractivity contribution in [2.45, 2.75) is 12.8 Å². The average molecular weight is 276 g/mol. The molecule has 0 spiro atoms. The molecule has 2 aromatic rings. The quantitative estimate of drug-likeness (QED) is 0.508. The Morgan fingerprint density at radius 2 is 2.21 bits per heavy atom. The van der Waals surface area contributed by atoms with Crippen molar-refractivity contribution in [1.29, 1.82) is 0 Å². The summed E-state index contributed by atoms with van der Waals surface area (Å²) < 4.78 is 0. The molecular weight excluding hydrogens is 264 g/mol. The van der Waals surface area contributed by atoms with Gasteiger partial charge in [-0.25, -0.2) is 10.5 Å². The molecule has 0 fully saturated rings. The first-order valence-electron chi connectivity index (χ1n) is 5.61. The van der Waals surface area contributed by atoms with Crippen molar-refractivity contribution in [2.75, 3.05) is 0 Å². The van der Waals surface area contributed by atoms with Crippen molar-refractivity contribution in [3.63, 3.8) is 0 Å². The summed E-state index contributed by atoms with van der Waals surface area (Å²) in [6.45, 7) is 1.65. The van der Waals surface area contributed by atoms with Crippen LogP contribution >= 0.6 is 11.3 Å². The molecule has 19 heavy (non-hydrogen) atoms. The van der Waals surface area contributed by atoms with Crippen LogP contribution in [0.5, 0.6) is 0 Å². The SMILES string of the molecule is C[C@@H](C(=O)NO)c1cccc(C(=O)c2nccs2)c1. The van der Waals surface area contributed by atoms with E-state index >= 15 is 0 Å². The van der Waals surface area contributed by atoms with Gasteiger partial charge in [-0.15, -0.1) is 11.3 Å². The molecule has 0 saturated carbocycles. The van der Waals surface area contributed by atoms with E-state index in [1.165, 1.54) is 11.3 Å². The first kappa shape index (κ1) is 13.4. The molecule has 2 N–H and O–H groups in total. The molecule has 6 heteroatoms. The Morgan fingerprint density at radius 3 is 2.84 bits per heavy atom. The Hall–Kier alpha value is -2.05. The van der Waals surface area contributed by atoms with E-state index in [-0.39, 0.29) is 5.78 Å². The Kier molecular flexibility index (Phi) is 4.03. The third-order valence-corrected chi connectivity index (χ3v) is 3.55. The Bertz CT molecular complexity index is 596. The van der Waals surface area contributed by atoms with Crippen molar-refractivity contribution in [3.8, 4) is 0 Å². The van der Waals surface area contributed by atoms with Gasteiger partial charge in [0, 0.05) is 17.1 Å². The minimum Gasteiger partial charge on any atom is -0.289 e. The van der Waals surface area contributed by atoms with Gasteiger partial charge in [0.1, 0.15) is 0 Å². The number of hydroxylamine groups is 1. The lowest BCUT2D eigenvalue weighted by Gasteiger charge is -2.10. The van der Waals surface area contributed by atoms with Gasteiger partial charge in [-0.2, -0.15) is 0 Å². The fraction of sp³-hybridized carbons (Fsp3) is 0.154. The Morgan fingerprint density at radius 1 is 1.42 bits per heavy atom. The van der Waals surface area contributed by atoms with Crippen LogP contribution in [0.4, 0.5) is 0 Å². The highest BCUT2D eigenvalue weighted by molar-refractivity contribution is 7.11. The fourth-order valence-corrected chi connectivity index (χ4v) is 2.25. The molecule has 0 bridgehead atoms. The van der Waals surface area contributed by atoms with Gasteiger partial charge in [0.15, 0.2) is 5.01 Å². The minimum absolute atomic E-state index is 0.173. The number of thiazole rings is 1. The smallest absolute Gasteiger partial charge is 0.250 e. The van der Waals surface area contributed by atoms with Gasteiger partial charge in [0.25, 0.3) is 5.91 Å². The lowest BCUT2D eigenvalue weighted by molar-refractivity contribution is -0.130. The van der Waals surface area contributed by atoms with E-state index in [0.29, 0.717) is 16.1 Å². The molecule has 1 aromatic heterocycles. The second kappa shape index (κ2) is 5.73. The standard InChI is InChI=1S/C13H12N2O3S/c1-8(12(17)15-18)9-3-2-4-10(7-9)11(16)13-14-5-6-19-13/h2-8,18H,1H3,(H,15,17)/t8-/m1/s1. The van der Waals surface area contributed by atoms with Crippen LogP contribution in [0.1, 0.15) is 33.8 Å². The van der Waals surface area contributed by atoms with E-state index in [1.54, 1.807) is 48.2 Å². The van der Waals surface area contributed by atoms with E-state index < -0.39 is 11.8 Å². The number of benzene rings is 1. The minimum atomic E-state index is -0.533. The van der Waals surface area contributed by atoms with E-state index in [2.05, 4.69) is 4.98 Å². The summed E-state index contributed by atoms with van der Waals surface area (Å²) in [7, 11) is 0. The summed E-state index contributed by atoms with van der Waals surface area (Å²) >= 11 is 1.27. The van der Waals surface area contributed by atoms with Crippen LogP contribution < -0.4 is 5.48 Å². The van der Waals surface area contributed by atoms with Gasteiger partial charge in [-0.1, -0.05) is 18.2 Å². The number of carbonyl (C=O) groups excluding carboxylic acids is 2. The lowest BCUT2D eigenvalue weighted by atomic mass is 9.97. The second-order valence-corrected chi connectivity index (χ2v) is 4.88. The summed E-state index contributed by atoms with van der Waals surface area (Å²) in [6.07, 6.45) is 1.57. The zero-order valence-corrected chi connectivity index (χ0v) is 11.0. The first-order valence-corrected chi connectivity index (χ1v) is 6.49. The number of carbonyl (C=O) groups is 2. The molecular formula is C13H12N2O3S. The molecule has 5 nitrogen and oxygen atoms in total. The molecule has 1 atom stereocenters. The zero-order chi connectivity index (χ0) is 13.8. The highest BCUT2D eigenvalue weighted by Crippen LogP contribution is 2.19. The maximum absolute atomic E-state index is 12.1. The highest BCUT2D eigenvalue weighted by Gasteiger charge is 2.17. The van der Waals surface area contributed by atoms with Gasteiger partial charge in [-0.3, -0.25) is 14.8 Å². The number of rotatable bonds is 4. The molecule has 2 rings (SSSR count). The van der Waals surface area contributed by atoms with E-state index in [0.717, 1.165) is 0 Å².